The summed E-state index contributed by atoms with van der Waals surface area (Å²) < 4.78 is 38.7. The van der Waals surface area contributed by atoms with E-state index in [9.17, 15) is 13.2 Å². The summed E-state index contributed by atoms with van der Waals surface area (Å²) in [5.74, 6) is 0.633. The molecule has 21 heavy (non-hydrogen) atoms. The number of nitrogens with two attached hydrogens (primary N) is 1. The van der Waals surface area contributed by atoms with Crippen molar-refractivity contribution in [2.75, 3.05) is 13.1 Å². The van der Waals surface area contributed by atoms with Crippen molar-refractivity contribution in [3.05, 3.63) is 0 Å². The number of nitrogens with zero attached hydrogens (tertiary/aromatic N) is 1. The summed E-state index contributed by atoms with van der Waals surface area (Å²) in [6, 6.07) is -0.181. The maximum atomic E-state index is 12.9. The van der Waals surface area contributed by atoms with Crippen molar-refractivity contribution in [2.24, 2.45) is 23.0 Å². The number of halogens is 3. The van der Waals surface area contributed by atoms with Crippen molar-refractivity contribution >= 4 is 0 Å². The molecule has 5 heteroatoms. The predicted octanol–water partition coefficient (Wildman–Crippen LogP) is 4.05. The standard InChI is InChI=1S/C16H31F3N2/c1-11(2)21(10-16(17,18)19)14-8-13(15(3,4)5)7-6-12(14)9-20/h11-14H,6-10,20H2,1-5H3. The van der Waals surface area contributed by atoms with Gasteiger partial charge in [-0.25, -0.2) is 0 Å². The maximum absolute atomic E-state index is 12.9. The molecule has 0 spiro atoms. The lowest BCUT2D eigenvalue weighted by atomic mass is 9.67. The largest absolute Gasteiger partial charge is 0.401 e. The molecule has 1 rings (SSSR count). The Balaban J connectivity index is 2.94. The Bertz CT molecular complexity index is 320. The van der Waals surface area contributed by atoms with E-state index in [0.29, 0.717) is 12.5 Å². The summed E-state index contributed by atoms with van der Waals surface area (Å²) in [7, 11) is 0. The second-order valence-electron chi connectivity index (χ2n) is 7.82. The van der Waals surface area contributed by atoms with Crippen LogP contribution in [0, 0.1) is 17.3 Å². The van der Waals surface area contributed by atoms with Crippen LogP contribution in [0.2, 0.25) is 0 Å². The van der Waals surface area contributed by atoms with E-state index in [0.717, 1.165) is 19.3 Å². The molecule has 1 saturated carbocycles. The van der Waals surface area contributed by atoms with Crippen molar-refractivity contribution < 1.29 is 13.2 Å². The van der Waals surface area contributed by atoms with Gasteiger partial charge in [-0.1, -0.05) is 20.8 Å². The highest BCUT2D eigenvalue weighted by molar-refractivity contribution is 4.92. The highest BCUT2D eigenvalue weighted by Gasteiger charge is 2.42. The molecular formula is C16H31F3N2. The van der Waals surface area contributed by atoms with E-state index in [4.69, 9.17) is 5.73 Å². The minimum Gasteiger partial charge on any atom is -0.330 e. The van der Waals surface area contributed by atoms with Gasteiger partial charge in [0.05, 0.1) is 6.54 Å². The molecule has 0 amide bonds. The zero-order valence-electron chi connectivity index (χ0n) is 14.0. The lowest BCUT2D eigenvalue weighted by Crippen LogP contribution is -2.53. The summed E-state index contributed by atoms with van der Waals surface area (Å²) in [4.78, 5) is 1.62. The van der Waals surface area contributed by atoms with Crippen LogP contribution in [0.15, 0.2) is 0 Å². The van der Waals surface area contributed by atoms with E-state index in [-0.39, 0.29) is 23.4 Å². The smallest absolute Gasteiger partial charge is 0.330 e. The van der Waals surface area contributed by atoms with Gasteiger partial charge in [0.15, 0.2) is 0 Å². The van der Waals surface area contributed by atoms with E-state index >= 15 is 0 Å². The van der Waals surface area contributed by atoms with Crippen LogP contribution in [0.4, 0.5) is 13.2 Å². The van der Waals surface area contributed by atoms with Crippen LogP contribution < -0.4 is 5.73 Å². The van der Waals surface area contributed by atoms with Gasteiger partial charge in [-0.2, -0.15) is 13.2 Å². The molecular weight excluding hydrogens is 277 g/mol. The Morgan fingerprint density at radius 2 is 1.71 bits per heavy atom. The Kier molecular flexibility index (Phi) is 6.13. The molecule has 3 unspecified atom stereocenters. The van der Waals surface area contributed by atoms with Crippen molar-refractivity contribution in [1.29, 1.82) is 0 Å². The van der Waals surface area contributed by atoms with Crippen molar-refractivity contribution in [3.63, 3.8) is 0 Å². The first-order chi connectivity index (χ1) is 9.45. The quantitative estimate of drug-likeness (QED) is 0.849. The van der Waals surface area contributed by atoms with E-state index in [1.807, 2.05) is 13.8 Å². The van der Waals surface area contributed by atoms with Crippen LogP contribution in [0.3, 0.4) is 0 Å². The van der Waals surface area contributed by atoms with Gasteiger partial charge >= 0.3 is 6.18 Å². The normalized spacial score (nSPS) is 28.4. The average molecular weight is 308 g/mol. The van der Waals surface area contributed by atoms with Crippen molar-refractivity contribution in [3.8, 4) is 0 Å². The minimum absolute atomic E-state index is 0.0606. The number of hydrogen-bond acceptors (Lipinski definition) is 2. The molecule has 126 valence electrons. The van der Waals surface area contributed by atoms with Crippen LogP contribution in [0.1, 0.15) is 53.9 Å². The highest BCUT2D eigenvalue weighted by Crippen LogP contribution is 2.42. The summed E-state index contributed by atoms with van der Waals surface area (Å²) in [6.45, 7) is 9.88. The summed E-state index contributed by atoms with van der Waals surface area (Å²) in [5.41, 5.74) is 5.98. The Morgan fingerprint density at radius 1 is 1.14 bits per heavy atom. The number of hydrogen-bond donors (Lipinski definition) is 1. The third kappa shape index (κ3) is 5.44. The van der Waals surface area contributed by atoms with Gasteiger partial charge in [-0.15, -0.1) is 0 Å². The minimum atomic E-state index is -4.15. The molecule has 2 nitrogen and oxygen atoms in total. The molecule has 3 atom stereocenters. The average Bonchev–Trinajstić information content (AvgIpc) is 2.32. The van der Waals surface area contributed by atoms with Gasteiger partial charge < -0.3 is 5.73 Å². The zero-order valence-corrected chi connectivity index (χ0v) is 14.0. The first-order valence-electron chi connectivity index (χ1n) is 7.98. The molecule has 0 aromatic heterocycles. The summed E-state index contributed by atoms with van der Waals surface area (Å²) >= 11 is 0. The monoisotopic (exact) mass is 308 g/mol. The molecule has 2 N–H and O–H groups in total. The lowest BCUT2D eigenvalue weighted by molar-refractivity contribution is -0.161. The molecule has 0 saturated heterocycles. The third-order valence-corrected chi connectivity index (χ3v) is 4.93. The topological polar surface area (TPSA) is 29.3 Å². The van der Waals surface area contributed by atoms with Crippen LogP contribution in [0.25, 0.3) is 0 Å². The molecule has 1 fully saturated rings. The van der Waals surface area contributed by atoms with Crippen LogP contribution in [-0.2, 0) is 0 Å². The van der Waals surface area contributed by atoms with Crippen LogP contribution >= 0.6 is 0 Å². The molecule has 1 aliphatic rings. The second-order valence-corrected chi connectivity index (χ2v) is 7.82. The van der Waals surface area contributed by atoms with Gasteiger partial charge in [0.1, 0.15) is 0 Å². The summed E-state index contributed by atoms with van der Waals surface area (Å²) in [6.07, 6.45) is -1.33. The zero-order chi connectivity index (χ0) is 16.4. The number of alkyl halides is 3. The van der Waals surface area contributed by atoms with Gasteiger partial charge in [0, 0.05) is 12.1 Å². The fourth-order valence-corrected chi connectivity index (χ4v) is 3.57. The summed E-state index contributed by atoms with van der Waals surface area (Å²) in [5, 5.41) is 0. The molecule has 0 aromatic rings. The molecule has 0 heterocycles. The Labute approximate surface area is 127 Å². The van der Waals surface area contributed by atoms with Gasteiger partial charge in [-0.05, 0) is 56.9 Å². The van der Waals surface area contributed by atoms with E-state index < -0.39 is 12.7 Å². The van der Waals surface area contributed by atoms with Crippen molar-refractivity contribution in [1.82, 2.24) is 4.90 Å². The first-order valence-corrected chi connectivity index (χ1v) is 7.98. The molecule has 0 aliphatic heterocycles. The van der Waals surface area contributed by atoms with Crippen LogP contribution in [0.5, 0.6) is 0 Å². The fourth-order valence-electron chi connectivity index (χ4n) is 3.57. The first kappa shape index (κ1) is 18.8. The van der Waals surface area contributed by atoms with E-state index in [1.54, 1.807) is 4.90 Å². The predicted molar refractivity (Wildman–Crippen MR) is 81.0 cm³/mol. The SMILES string of the molecule is CC(C)N(CC(F)(F)F)C1CC(C(C)(C)C)CCC1CN. The Morgan fingerprint density at radius 3 is 2.10 bits per heavy atom. The highest BCUT2D eigenvalue weighted by atomic mass is 19.4. The second kappa shape index (κ2) is 6.86. The van der Waals surface area contributed by atoms with Gasteiger partial charge in [0.2, 0.25) is 0 Å². The van der Waals surface area contributed by atoms with E-state index in [1.165, 1.54) is 0 Å². The van der Waals surface area contributed by atoms with Gasteiger partial charge in [-0.3, -0.25) is 4.90 Å². The maximum Gasteiger partial charge on any atom is 0.401 e. The van der Waals surface area contributed by atoms with Gasteiger partial charge in [0.25, 0.3) is 0 Å². The molecule has 0 radical (unpaired) electrons. The van der Waals surface area contributed by atoms with Crippen molar-refractivity contribution in [2.45, 2.75) is 72.1 Å². The Hall–Kier alpha value is -0.290. The van der Waals surface area contributed by atoms with Crippen LogP contribution in [-0.4, -0.2) is 36.2 Å². The lowest BCUT2D eigenvalue weighted by Gasteiger charge is -2.47. The van der Waals surface area contributed by atoms with E-state index in [2.05, 4.69) is 20.8 Å². The molecule has 0 bridgehead atoms. The third-order valence-electron chi connectivity index (χ3n) is 4.93. The molecule has 0 aromatic carbocycles. The fraction of sp³-hybridized carbons (Fsp3) is 1.00. The molecule has 1 aliphatic carbocycles. The number of rotatable bonds is 4.